The minimum atomic E-state index is -0.201. The van der Waals surface area contributed by atoms with Crippen molar-refractivity contribution in [2.45, 2.75) is 26.5 Å². The van der Waals surface area contributed by atoms with Crippen LogP contribution in [0.15, 0.2) is 23.0 Å². The number of amides is 2. The third-order valence-corrected chi connectivity index (χ3v) is 5.59. The summed E-state index contributed by atoms with van der Waals surface area (Å²) in [5.41, 5.74) is 3.39. The van der Waals surface area contributed by atoms with Gasteiger partial charge in [-0.05, 0) is 36.9 Å². The van der Waals surface area contributed by atoms with Crippen LogP contribution in [0.4, 0.5) is 4.79 Å². The van der Waals surface area contributed by atoms with Gasteiger partial charge >= 0.3 is 6.03 Å². The first-order valence-corrected chi connectivity index (χ1v) is 10.5. The average molecular weight is 415 g/mol. The number of ether oxygens (including phenoxy) is 3. The van der Waals surface area contributed by atoms with Crippen LogP contribution in [-0.2, 0) is 20.8 Å². The zero-order valence-electron chi connectivity index (χ0n) is 17.6. The highest BCUT2D eigenvalue weighted by Gasteiger charge is 2.27. The smallest absolute Gasteiger partial charge is 0.320 e. The zero-order valence-corrected chi connectivity index (χ0v) is 17.6. The highest BCUT2D eigenvalue weighted by Crippen LogP contribution is 2.19. The maximum atomic E-state index is 13.2. The number of carbonyl (C=O) groups is 1. The largest absolute Gasteiger partial charge is 0.378 e. The van der Waals surface area contributed by atoms with Crippen LogP contribution in [0.5, 0.6) is 0 Å². The number of aromatic amines is 1. The van der Waals surface area contributed by atoms with Gasteiger partial charge in [0.25, 0.3) is 5.56 Å². The van der Waals surface area contributed by atoms with E-state index in [1.807, 2.05) is 32.0 Å². The van der Waals surface area contributed by atoms with Crippen LogP contribution < -0.4 is 5.56 Å². The molecule has 3 heterocycles. The van der Waals surface area contributed by atoms with Crippen LogP contribution >= 0.6 is 0 Å². The molecule has 2 fully saturated rings. The molecule has 2 aliphatic rings. The highest BCUT2D eigenvalue weighted by molar-refractivity contribution is 5.83. The summed E-state index contributed by atoms with van der Waals surface area (Å²) in [6, 6.07) is 5.89. The Morgan fingerprint density at radius 3 is 2.67 bits per heavy atom. The summed E-state index contributed by atoms with van der Waals surface area (Å²) in [4.78, 5) is 32.5. The van der Waals surface area contributed by atoms with Gasteiger partial charge in [0.1, 0.15) is 0 Å². The van der Waals surface area contributed by atoms with Crippen molar-refractivity contribution in [3.63, 3.8) is 0 Å². The first-order valence-electron chi connectivity index (χ1n) is 10.5. The van der Waals surface area contributed by atoms with E-state index in [0.29, 0.717) is 58.2 Å². The number of nitrogens with one attached hydrogen (secondary N) is 1. The van der Waals surface area contributed by atoms with E-state index in [1.54, 1.807) is 9.80 Å². The molecule has 0 saturated carbocycles. The molecule has 30 heavy (non-hydrogen) atoms. The van der Waals surface area contributed by atoms with Gasteiger partial charge in [-0.2, -0.15) is 0 Å². The second-order valence-electron chi connectivity index (χ2n) is 8.00. The molecule has 2 aliphatic heterocycles. The molecule has 2 amide bonds. The summed E-state index contributed by atoms with van der Waals surface area (Å²) >= 11 is 0. The molecule has 8 nitrogen and oxygen atoms in total. The van der Waals surface area contributed by atoms with E-state index in [0.717, 1.165) is 22.0 Å². The van der Waals surface area contributed by atoms with Crippen molar-refractivity contribution in [2.75, 3.05) is 52.7 Å². The van der Waals surface area contributed by atoms with E-state index in [4.69, 9.17) is 14.2 Å². The summed E-state index contributed by atoms with van der Waals surface area (Å²) in [6.45, 7) is 8.28. The standard InChI is InChI=1S/C22H29N3O5/c1-15-9-16(2)20-17(10-15)11-18(21(26)23-20)12-25(13-19-14-29-7-8-30-19)22(27)24-3-5-28-6-4-24/h9-11,19H,3-8,12-14H2,1-2H3,(H,23,26)/t19-/m0/s1. The van der Waals surface area contributed by atoms with Gasteiger partial charge in [-0.15, -0.1) is 0 Å². The average Bonchev–Trinajstić information content (AvgIpc) is 2.75. The van der Waals surface area contributed by atoms with Crippen LogP contribution in [0.3, 0.4) is 0 Å². The van der Waals surface area contributed by atoms with Crippen molar-refractivity contribution in [2.24, 2.45) is 0 Å². The van der Waals surface area contributed by atoms with Crippen LogP contribution in [0.2, 0.25) is 0 Å². The first-order chi connectivity index (χ1) is 14.5. The number of urea groups is 1. The van der Waals surface area contributed by atoms with Gasteiger partial charge < -0.3 is 29.0 Å². The highest BCUT2D eigenvalue weighted by atomic mass is 16.6. The number of aryl methyl sites for hydroxylation is 2. The number of nitrogens with zero attached hydrogens (tertiary/aromatic N) is 2. The van der Waals surface area contributed by atoms with Gasteiger partial charge in [0.05, 0.1) is 57.7 Å². The molecule has 1 N–H and O–H groups in total. The van der Waals surface area contributed by atoms with Gasteiger partial charge in [0.2, 0.25) is 0 Å². The lowest BCUT2D eigenvalue weighted by atomic mass is 10.1. The van der Waals surface area contributed by atoms with Crippen molar-refractivity contribution in [3.8, 4) is 0 Å². The summed E-state index contributed by atoms with van der Waals surface area (Å²) in [5, 5.41) is 0.970. The quantitative estimate of drug-likeness (QED) is 0.824. The van der Waals surface area contributed by atoms with E-state index < -0.39 is 0 Å². The Labute approximate surface area is 175 Å². The van der Waals surface area contributed by atoms with Crippen molar-refractivity contribution in [1.29, 1.82) is 0 Å². The Kier molecular flexibility index (Phi) is 6.36. The topological polar surface area (TPSA) is 84.1 Å². The molecule has 2 saturated heterocycles. The van der Waals surface area contributed by atoms with Crippen LogP contribution in [0.25, 0.3) is 10.9 Å². The van der Waals surface area contributed by atoms with E-state index in [1.165, 1.54) is 0 Å². The van der Waals surface area contributed by atoms with Gasteiger partial charge in [-0.1, -0.05) is 11.6 Å². The maximum Gasteiger partial charge on any atom is 0.320 e. The molecule has 0 aliphatic carbocycles. The van der Waals surface area contributed by atoms with Gasteiger partial charge in [-0.3, -0.25) is 4.79 Å². The van der Waals surface area contributed by atoms with Crippen molar-refractivity contribution >= 4 is 16.9 Å². The minimum Gasteiger partial charge on any atom is -0.378 e. The Bertz CT molecular complexity index is 961. The van der Waals surface area contributed by atoms with Gasteiger partial charge in [0, 0.05) is 18.7 Å². The fraction of sp³-hybridized carbons (Fsp3) is 0.545. The molecule has 0 spiro atoms. The van der Waals surface area contributed by atoms with Crippen LogP contribution in [0, 0.1) is 13.8 Å². The fourth-order valence-electron chi connectivity index (χ4n) is 4.11. The van der Waals surface area contributed by atoms with E-state index in [9.17, 15) is 9.59 Å². The lowest BCUT2D eigenvalue weighted by Gasteiger charge is -2.35. The molecule has 1 atom stereocenters. The predicted molar refractivity (Wildman–Crippen MR) is 113 cm³/mol. The molecule has 0 unspecified atom stereocenters. The number of H-pyrrole nitrogens is 1. The number of fused-ring (bicyclic) bond motifs is 1. The van der Waals surface area contributed by atoms with E-state index in [-0.39, 0.29) is 24.2 Å². The summed E-state index contributed by atoms with van der Waals surface area (Å²) in [6.07, 6.45) is -0.201. The molecule has 0 bridgehead atoms. The molecular weight excluding hydrogens is 386 g/mol. The van der Waals surface area contributed by atoms with Gasteiger partial charge in [-0.25, -0.2) is 4.79 Å². The first kappa shape index (κ1) is 20.8. The number of hydrogen-bond donors (Lipinski definition) is 1. The molecule has 4 rings (SSSR count). The third-order valence-electron chi connectivity index (χ3n) is 5.59. The lowest BCUT2D eigenvalue weighted by Crippen LogP contribution is -2.51. The van der Waals surface area contributed by atoms with Crippen molar-refractivity contribution in [3.05, 3.63) is 45.2 Å². The third kappa shape index (κ3) is 4.66. The minimum absolute atomic E-state index is 0.104. The molecule has 1 aromatic heterocycles. The molecule has 8 heteroatoms. The molecular formula is C22H29N3O5. The number of rotatable bonds is 4. The lowest BCUT2D eigenvalue weighted by molar-refractivity contribution is -0.0958. The second kappa shape index (κ2) is 9.16. The number of hydrogen-bond acceptors (Lipinski definition) is 5. The zero-order chi connectivity index (χ0) is 21.1. The van der Waals surface area contributed by atoms with Crippen LogP contribution in [0.1, 0.15) is 16.7 Å². The normalized spacial score (nSPS) is 19.8. The summed E-state index contributed by atoms with van der Waals surface area (Å²) in [7, 11) is 0. The summed E-state index contributed by atoms with van der Waals surface area (Å²) < 4.78 is 16.6. The van der Waals surface area contributed by atoms with Gasteiger partial charge in [0.15, 0.2) is 0 Å². The fourth-order valence-corrected chi connectivity index (χ4v) is 4.11. The molecule has 2 aromatic rings. The SMILES string of the molecule is Cc1cc(C)c2[nH]c(=O)c(CN(C[C@H]3COCCO3)C(=O)N3CCOCC3)cc2c1. The predicted octanol–water partition coefficient (Wildman–Crippen LogP) is 1.81. The molecule has 0 radical (unpaired) electrons. The number of benzene rings is 1. The Morgan fingerprint density at radius 1 is 1.13 bits per heavy atom. The van der Waals surface area contributed by atoms with Crippen molar-refractivity contribution in [1.82, 2.24) is 14.8 Å². The summed E-state index contributed by atoms with van der Waals surface area (Å²) in [5.74, 6) is 0. The Morgan fingerprint density at radius 2 is 1.93 bits per heavy atom. The monoisotopic (exact) mass is 415 g/mol. The number of morpholine rings is 1. The number of carbonyl (C=O) groups excluding carboxylic acids is 1. The van der Waals surface area contributed by atoms with E-state index in [2.05, 4.69) is 4.98 Å². The molecule has 1 aromatic carbocycles. The van der Waals surface area contributed by atoms with Crippen LogP contribution in [-0.4, -0.2) is 79.6 Å². The maximum absolute atomic E-state index is 13.2. The van der Waals surface area contributed by atoms with E-state index >= 15 is 0 Å². The Hall–Kier alpha value is -2.42. The molecule has 162 valence electrons. The Balaban J connectivity index is 1.62. The number of pyridine rings is 1. The number of aromatic nitrogens is 1. The second-order valence-corrected chi connectivity index (χ2v) is 8.00. The van der Waals surface area contributed by atoms with Crippen molar-refractivity contribution < 1.29 is 19.0 Å².